The Morgan fingerprint density at radius 1 is 0.654 bits per heavy atom. The van der Waals surface area contributed by atoms with Crippen LogP contribution in [-0.2, 0) is 0 Å². The van der Waals surface area contributed by atoms with Crippen molar-refractivity contribution in [2.75, 3.05) is 0 Å². The van der Waals surface area contributed by atoms with Gasteiger partial charge in [-0.1, -0.05) is 60.7 Å². The van der Waals surface area contributed by atoms with Crippen LogP contribution in [0.25, 0.3) is 43.8 Å². The summed E-state index contributed by atoms with van der Waals surface area (Å²) in [5.41, 5.74) is 3.82. The van der Waals surface area contributed by atoms with Crippen LogP contribution in [0, 0.1) is 0 Å². The van der Waals surface area contributed by atoms with Crippen LogP contribution in [0.3, 0.4) is 0 Å². The molecule has 0 aliphatic rings. The Labute approximate surface area is 150 Å². The van der Waals surface area contributed by atoms with Crippen LogP contribution >= 0.6 is 0 Å². The SMILES string of the molecule is OB(O)c1ccccc1-c1cccc2oc3cc4ccccc4cc3c12. The van der Waals surface area contributed by atoms with Crippen LogP contribution in [-0.4, -0.2) is 17.2 Å². The highest BCUT2D eigenvalue weighted by atomic mass is 16.4. The predicted octanol–water partition coefficient (Wildman–Crippen LogP) is 4.09. The summed E-state index contributed by atoms with van der Waals surface area (Å²) >= 11 is 0. The minimum Gasteiger partial charge on any atom is -0.456 e. The van der Waals surface area contributed by atoms with Gasteiger partial charge in [-0.2, -0.15) is 0 Å². The summed E-state index contributed by atoms with van der Waals surface area (Å²) in [5.74, 6) is 0. The van der Waals surface area contributed by atoms with Crippen LogP contribution in [0.5, 0.6) is 0 Å². The zero-order chi connectivity index (χ0) is 17.7. The first kappa shape index (κ1) is 15.2. The quantitative estimate of drug-likeness (QED) is 0.477. The van der Waals surface area contributed by atoms with Gasteiger partial charge in [-0.3, -0.25) is 0 Å². The fraction of sp³-hybridized carbons (Fsp3) is 0. The summed E-state index contributed by atoms with van der Waals surface area (Å²) in [5, 5.41) is 23.8. The molecule has 0 atom stereocenters. The van der Waals surface area contributed by atoms with E-state index in [4.69, 9.17) is 4.42 Å². The van der Waals surface area contributed by atoms with Crippen molar-refractivity contribution in [2.45, 2.75) is 0 Å². The van der Waals surface area contributed by atoms with Crippen molar-refractivity contribution in [3.63, 3.8) is 0 Å². The molecule has 4 heteroatoms. The van der Waals surface area contributed by atoms with E-state index in [-0.39, 0.29) is 0 Å². The van der Waals surface area contributed by atoms with Gasteiger partial charge in [0.15, 0.2) is 0 Å². The highest BCUT2D eigenvalue weighted by Crippen LogP contribution is 2.37. The number of hydrogen-bond acceptors (Lipinski definition) is 3. The molecule has 1 aromatic heterocycles. The number of furan rings is 1. The molecule has 0 aliphatic carbocycles. The van der Waals surface area contributed by atoms with E-state index in [2.05, 4.69) is 24.3 Å². The van der Waals surface area contributed by atoms with Crippen molar-refractivity contribution in [2.24, 2.45) is 0 Å². The van der Waals surface area contributed by atoms with E-state index >= 15 is 0 Å². The van der Waals surface area contributed by atoms with Gasteiger partial charge in [0.2, 0.25) is 0 Å². The Morgan fingerprint density at radius 2 is 1.35 bits per heavy atom. The second-order valence-corrected chi connectivity index (χ2v) is 6.44. The predicted molar refractivity (Wildman–Crippen MR) is 106 cm³/mol. The molecule has 0 saturated carbocycles. The second-order valence-electron chi connectivity index (χ2n) is 6.44. The molecular formula is C22H15BO3. The van der Waals surface area contributed by atoms with E-state index in [0.29, 0.717) is 5.46 Å². The summed E-state index contributed by atoms with van der Waals surface area (Å²) in [4.78, 5) is 0. The van der Waals surface area contributed by atoms with Gasteiger partial charge in [-0.15, -0.1) is 0 Å². The molecule has 0 unspecified atom stereocenters. The lowest BCUT2D eigenvalue weighted by Gasteiger charge is -2.10. The van der Waals surface area contributed by atoms with Crippen LogP contribution in [0.2, 0.25) is 0 Å². The molecule has 5 aromatic rings. The molecule has 0 aliphatic heterocycles. The molecule has 2 N–H and O–H groups in total. The normalized spacial score (nSPS) is 11.5. The lowest BCUT2D eigenvalue weighted by Crippen LogP contribution is -2.31. The molecule has 0 saturated heterocycles. The molecule has 1 heterocycles. The van der Waals surface area contributed by atoms with Crippen molar-refractivity contribution in [3.8, 4) is 11.1 Å². The van der Waals surface area contributed by atoms with Crippen molar-refractivity contribution in [1.82, 2.24) is 0 Å². The molecule has 124 valence electrons. The van der Waals surface area contributed by atoms with Crippen molar-refractivity contribution in [3.05, 3.63) is 78.9 Å². The first-order valence-corrected chi connectivity index (χ1v) is 8.52. The lowest BCUT2D eigenvalue weighted by molar-refractivity contribution is 0.426. The van der Waals surface area contributed by atoms with Crippen LogP contribution in [0.4, 0.5) is 0 Å². The number of benzene rings is 4. The summed E-state index contributed by atoms with van der Waals surface area (Å²) in [6, 6.07) is 25.6. The maximum absolute atomic E-state index is 9.78. The summed E-state index contributed by atoms with van der Waals surface area (Å²) in [6.45, 7) is 0. The largest absolute Gasteiger partial charge is 0.489 e. The van der Waals surface area contributed by atoms with Crippen LogP contribution < -0.4 is 5.46 Å². The third-order valence-corrected chi connectivity index (χ3v) is 4.89. The van der Waals surface area contributed by atoms with Gasteiger partial charge in [0.05, 0.1) is 0 Å². The maximum Gasteiger partial charge on any atom is 0.489 e. The van der Waals surface area contributed by atoms with Gasteiger partial charge in [-0.05, 0) is 45.6 Å². The van der Waals surface area contributed by atoms with Crippen LogP contribution in [0.1, 0.15) is 0 Å². The highest BCUT2D eigenvalue weighted by Gasteiger charge is 2.20. The average Bonchev–Trinajstić information content (AvgIpc) is 3.03. The summed E-state index contributed by atoms with van der Waals surface area (Å²) in [7, 11) is -1.53. The van der Waals surface area contributed by atoms with Gasteiger partial charge in [-0.25, -0.2) is 0 Å². The topological polar surface area (TPSA) is 53.6 Å². The summed E-state index contributed by atoms with van der Waals surface area (Å²) < 4.78 is 6.10. The van der Waals surface area contributed by atoms with Gasteiger partial charge >= 0.3 is 7.12 Å². The zero-order valence-corrected chi connectivity index (χ0v) is 13.9. The molecule has 0 bridgehead atoms. The molecule has 0 spiro atoms. The number of fused-ring (bicyclic) bond motifs is 4. The summed E-state index contributed by atoms with van der Waals surface area (Å²) in [6.07, 6.45) is 0. The number of rotatable bonds is 2. The van der Waals surface area contributed by atoms with E-state index in [9.17, 15) is 10.0 Å². The van der Waals surface area contributed by atoms with Crippen LogP contribution in [0.15, 0.2) is 83.3 Å². The first-order chi connectivity index (χ1) is 12.7. The Kier molecular flexibility index (Phi) is 3.35. The maximum atomic E-state index is 9.78. The highest BCUT2D eigenvalue weighted by molar-refractivity contribution is 6.60. The van der Waals surface area contributed by atoms with Gasteiger partial charge in [0, 0.05) is 10.8 Å². The van der Waals surface area contributed by atoms with E-state index in [1.165, 1.54) is 0 Å². The minimum atomic E-state index is -1.53. The van der Waals surface area contributed by atoms with E-state index in [1.54, 1.807) is 12.1 Å². The first-order valence-electron chi connectivity index (χ1n) is 8.52. The van der Waals surface area contributed by atoms with E-state index < -0.39 is 7.12 Å². The third-order valence-electron chi connectivity index (χ3n) is 4.89. The molecule has 26 heavy (non-hydrogen) atoms. The zero-order valence-electron chi connectivity index (χ0n) is 13.9. The van der Waals surface area contributed by atoms with Crippen molar-refractivity contribution < 1.29 is 14.5 Å². The Morgan fingerprint density at radius 3 is 2.15 bits per heavy atom. The lowest BCUT2D eigenvalue weighted by atomic mass is 9.75. The molecular weight excluding hydrogens is 323 g/mol. The molecule has 0 amide bonds. The monoisotopic (exact) mass is 338 g/mol. The van der Waals surface area contributed by atoms with Gasteiger partial charge in [0.25, 0.3) is 0 Å². The van der Waals surface area contributed by atoms with Gasteiger partial charge < -0.3 is 14.5 Å². The molecule has 3 nitrogen and oxygen atoms in total. The second kappa shape index (κ2) is 5.73. The smallest absolute Gasteiger partial charge is 0.456 e. The Bertz CT molecular complexity index is 1270. The van der Waals surface area contributed by atoms with Crippen molar-refractivity contribution >= 4 is 45.3 Å². The fourth-order valence-electron chi connectivity index (χ4n) is 3.70. The number of hydrogen-bond donors (Lipinski definition) is 2. The standard InChI is InChI=1S/C22H15BO3/c24-23(25)19-10-4-3-8-16(19)17-9-5-11-20-22(17)18-12-14-6-1-2-7-15(14)13-21(18)26-20/h1-13,24-25H. The fourth-order valence-corrected chi connectivity index (χ4v) is 3.70. The Balaban J connectivity index is 1.91. The molecule has 5 rings (SSSR count). The Hall–Kier alpha value is -3.08. The third kappa shape index (κ3) is 2.24. The van der Waals surface area contributed by atoms with Crippen molar-refractivity contribution in [1.29, 1.82) is 0 Å². The minimum absolute atomic E-state index is 0.482. The van der Waals surface area contributed by atoms with E-state index in [1.807, 2.05) is 42.5 Å². The average molecular weight is 338 g/mol. The molecule has 0 radical (unpaired) electrons. The van der Waals surface area contributed by atoms with E-state index in [0.717, 1.165) is 43.8 Å². The molecule has 0 fully saturated rings. The van der Waals surface area contributed by atoms with Gasteiger partial charge in [0.1, 0.15) is 11.2 Å². The molecule has 4 aromatic carbocycles.